The van der Waals surface area contributed by atoms with Crippen LogP contribution in [0.4, 0.5) is 5.95 Å². The van der Waals surface area contributed by atoms with E-state index in [0.717, 1.165) is 19.0 Å². The molecule has 4 heteroatoms. The van der Waals surface area contributed by atoms with Gasteiger partial charge in [-0.1, -0.05) is 0 Å². The largest absolute Gasteiger partial charge is 0.356 e. The molecule has 0 saturated carbocycles. The first-order valence-corrected chi connectivity index (χ1v) is 5.04. The van der Waals surface area contributed by atoms with Gasteiger partial charge in [-0.25, -0.2) is 4.98 Å². The van der Waals surface area contributed by atoms with Crippen molar-refractivity contribution in [1.82, 2.24) is 14.5 Å². The van der Waals surface area contributed by atoms with Crippen LogP contribution in [0.3, 0.4) is 0 Å². The van der Waals surface area contributed by atoms with Crippen molar-refractivity contribution in [1.29, 1.82) is 0 Å². The van der Waals surface area contributed by atoms with Gasteiger partial charge in [0.25, 0.3) is 0 Å². The average Bonchev–Trinajstić information content (AvgIpc) is 2.68. The maximum absolute atomic E-state index is 4.24. The SMILES string of the molecule is CCNc1nccn1Cc1ccncc1. The highest BCUT2D eigenvalue weighted by molar-refractivity contribution is 5.27. The monoisotopic (exact) mass is 202 g/mol. The number of aromatic nitrogens is 3. The maximum atomic E-state index is 4.24. The highest BCUT2D eigenvalue weighted by atomic mass is 15.2. The first-order valence-electron chi connectivity index (χ1n) is 5.04. The van der Waals surface area contributed by atoms with E-state index in [9.17, 15) is 0 Å². The van der Waals surface area contributed by atoms with Crippen LogP contribution in [-0.2, 0) is 6.54 Å². The molecule has 0 aliphatic rings. The number of rotatable bonds is 4. The quantitative estimate of drug-likeness (QED) is 0.821. The third kappa shape index (κ3) is 2.34. The first-order chi connectivity index (χ1) is 7.40. The van der Waals surface area contributed by atoms with E-state index in [0.29, 0.717) is 0 Å². The van der Waals surface area contributed by atoms with Crippen molar-refractivity contribution >= 4 is 5.95 Å². The molecule has 15 heavy (non-hydrogen) atoms. The third-order valence-corrected chi connectivity index (χ3v) is 2.15. The van der Waals surface area contributed by atoms with Crippen LogP contribution in [0.1, 0.15) is 12.5 Å². The van der Waals surface area contributed by atoms with Crippen molar-refractivity contribution < 1.29 is 0 Å². The van der Waals surface area contributed by atoms with Gasteiger partial charge >= 0.3 is 0 Å². The number of nitrogens with zero attached hydrogens (tertiary/aromatic N) is 3. The summed E-state index contributed by atoms with van der Waals surface area (Å²) in [7, 11) is 0. The number of pyridine rings is 1. The Morgan fingerprint density at radius 3 is 2.80 bits per heavy atom. The Morgan fingerprint density at radius 2 is 2.07 bits per heavy atom. The summed E-state index contributed by atoms with van der Waals surface area (Å²) in [6.07, 6.45) is 7.38. The van der Waals surface area contributed by atoms with Gasteiger partial charge in [0.2, 0.25) is 5.95 Å². The van der Waals surface area contributed by atoms with Crippen molar-refractivity contribution in [2.75, 3.05) is 11.9 Å². The van der Waals surface area contributed by atoms with Crippen LogP contribution in [-0.4, -0.2) is 21.1 Å². The van der Waals surface area contributed by atoms with Gasteiger partial charge in [-0.2, -0.15) is 0 Å². The van der Waals surface area contributed by atoms with Crippen molar-refractivity contribution in [3.05, 3.63) is 42.5 Å². The molecule has 0 fully saturated rings. The number of hydrogen-bond donors (Lipinski definition) is 1. The molecule has 0 atom stereocenters. The molecule has 0 radical (unpaired) electrons. The molecule has 0 amide bonds. The van der Waals surface area contributed by atoms with E-state index in [1.165, 1.54) is 5.56 Å². The van der Waals surface area contributed by atoms with Crippen LogP contribution in [0.2, 0.25) is 0 Å². The number of hydrogen-bond acceptors (Lipinski definition) is 3. The lowest BCUT2D eigenvalue weighted by Crippen LogP contribution is -2.07. The fraction of sp³-hybridized carbons (Fsp3) is 0.273. The summed E-state index contributed by atoms with van der Waals surface area (Å²) in [5.74, 6) is 0.911. The minimum atomic E-state index is 0.824. The summed E-state index contributed by atoms with van der Waals surface area (Å²) < 4.78 is 2.08. The molecular formula is C11H14N4. The molecule has 0 aliphatic heterocycles. The van der Waals surface area contributed by atoms with Crippen LogP contribution in [0.25, 0.3) is 0 Å². The number of anilines is 1. The Bertz CT molecular complexity index is 408. The molecule has 2 rings (SSSR count). The molecule has 0 saturated heterocycles. The molecule has 0 bridgehead atoms. The lowest BCUT2D eigenvalue weighted by Gasteiger charge is -2.07. The molecule has 78 valence electrons. The molecule has 0 aromatic carbocycles. The molecule has 0 unspecified atom stereocenters. The van der Waals surface area contributed by atoms with Crippen molar-refractivity contribution in [3.8, 4) is 0 Å². The highest BCUT2D eigenvalue weighted by Crippen LogP contribution is 2.07. The van der Waals surface area contributed by atoms with Crippen LogP contribution in [0, 0.1) is 0 Å². The summed E-state index contributed by atoms with van der Waals surface area (Å²) >= 11 is 0. The fourth-order valence-corrected chi connectivity index (χ4v) is 1.45. The van der Waals surface area contributed by atoms with Gasteiger partial charge in [-0.3, -0.25) is 4.98 Å². The Labute approximate surface area is 89.0 Å². The molecule has 0 spiro atoms. The van der Waals surface area contributed by atoms with E-state index in [2.05, 4.69) is 26.8 Å². The summed E-state index contributed by atoms with van der Waals surface area (Å²) in [5, 5.41) is 3.21. The zero-order valence-electron chi connectivity index (χ0n) is 8.72. The van der Waals surface area contributed by atoms with Gasteiger partial charge in [-0.15, -0.1) is 0 Å². The van der Waals surface area contributed by atoms with Crippen LogP contribution < -0.4 is 5.32 Å². The molecule has 2 heterocycles. The molecule has 4 nitrogen and oxygen atoms in total. The van der Waals surface area contributed by atoms with Crippen molar-refractivity contribution in [3.63, 3.8) is 0 Å². The number of nitrogens with one attached hydrogen (secondary N) is 1. The van der Waals surface area contributed by atoms with Crippen LogP contribution in [0.15, 0.2) is 36.9 Å². The van der Waals surface area contributed by atoms with Gasteiger partial charge in [0, 0.05) is 31.3 Å². The molecule has 2 aromatic rings. The third-order valence-electron chi connectivity index (χ3n) is 2.15. The minimum Gasteiger partial charge on any atom is -0.356 e. The Hall–Kier alpha value is -1.84. The topological polar surface area (TPSA) is 42.7 Å². The Balaban J connectivity index is 2.14. The predicted octanol–water partition coefficient (Wildman–Crippen LogP) is 1.76. The van der Waals surface area contributed by atoms with E-state index in [4.69, 9.17) is 0 Å². The summed E-state index contributed by atoms with van der Waals surface area (Å²) in [4.78, 5) is 8.23. The molecule has 0 aliphatic carbocycles. The minimum absolute atomic E-state index is 0.824. The summed E-state index contributed by atoms with van der Waals surface area (Å²) in [6, 6.07) is 4.02. The van der Waals surface area contributed by atoms with E-state index in [1.807, 2.05) is 18.3 Å². The van der Waals surface area contributed by atoms with Crippen molar-refractivity contribution in [2.24, 2.45) is 0 Å². The normalized spacial score (nSPS) is 10.2. The predicted molar refractivity (Wildman–Crippen MR) is 59.7 cm³/mol. The van der Waals surface area contributed by atoms with Gasteiger partial charge < -0.3 is 9.88 Å². The molecular weight excluding hydrogens is 188 g/mol. The summed E-state index contributed by atoms with van der Waals surface area (Å²) in [5.41, 5.74) is 1.22. The van der Waals surface area contributed by atoms with Gasteiger partial charge in [-0.05, 0) is 24.6 Å². The first kappa shape index (κ1) is 9.71. The fourth-order valence-electron chi connectivity index (χ4n) is 1.45. The molecule has 1 N–H and O–H groups in total. The Morgan fingerprint density at radius 1 is 1.27 bits per heavy atom. The average molecular weight is 202 g/mol. The van der Waals surface area contributed by atoms with Crippen molar-refractivity contribution in [2.45, 2.75) is 13.5 Å². The van der Waals surface area contributed by atoms with E-state index >= 15 is 0 Å². The van der Waals surface area contributed by atoms with Crippen LogP contribution >= 0.6 is 0 Å². The number of imidazole rings is 1. The van der Waals surface area contributed by atoms with Gasteiger partial charge in [0.05, 0.1) is 6.54 Å². The van der Waals surface area contributed by atoms with E-state index < -0.39 is 0 Å². The lowest BCUT2D eigenvalue weighted by atomic mass is 10.3. The standard InChI is InChI=1S/C11H14N4/c1-2-13-11-14-7-8-15(11)9-10-3-5-12-6-4-10/h3-8H,2,9H2,1H3,(H,13,14). The van der Waals surface area contributed by atoms with Gasteiger partial charge in [0.1, 0.15) is 0 Å². The smallest absolute Gasteiger partial charge is 0.203 e. The van der Waals surface area contributed by atoms with E-state index in [1.54, 1.807) is 18.6 Å². The van der Waals surface area contributed by atoms with Gasteiger partial charge in [0.15, 0.2) is 0 Å². The zero-order chi connectivity index (χ0) is 10.5. The summed E-state index contributed by atoms with van der Waals surface area (Å²) in [6.45, 7) is 3.77. The maximum Gasteiger partial charge on any atom is 0.203 e. The van der Waals surface area contributed by atoms with Crippen LogP contribution in [0.5, 0.6) is 0 Å². The highest BCUT2D eigenvalue weighted by Gasteiger charge is 2.01. The zero-order valence-corrected chi connectivity index (χ0v) is 8.72. The second-order valence-electron chi connectivity index (χ2n) is 3.26. The van der Waals surface area contributed by atoms with E-state index in [-0.39, 0.29) is 0 Å². The second-order valence-corrected chi connectivity index (χ2v) is 3.26. The Kier molecular flexibility index (Phi) is 2.97. The molecule has 2 aromatic heterocycles. The second kappa shape index (κ2) is 4.59. The lowest BCUT2D eigenvalue weighted by molar-refractivity contribution is 0.798.